The molecule has 2 aromatic carbocycles. The van der Waals surface area contributed by atoms with Gasteiger partial charge in [-0.25, -0.2) is 9.97 Å². The molecule has 8 nitrogen and oxygen atoms in total. The van der Waals surface area contributed by atoms with Gasteiger partial charge >= 0.3 is 0 Å². The van der Waals surface area contributed by atoms with E-state index in [4.69, 9.17) is 13.9 Å². The van der Waals surface area contributed by atoms with E-state index in [-0.39, 0.29) is 31.6 Å². The molecule has 8 rings (SSSR count). The van der Waals surface area contributed by atoms with Crippen molar-refractivity contribution in [2.24, 2.45) is 0 Å². The molecule has 0 bridgehead atoms. The molecule has 0 aliphatic rings. The van der Waals surface area contributed by atoms with Crippen molar-refractivity contribution in [1.29, 1.82) is 0 Å². The first-order valence-corrected chi connectivity index (χ1v) is 15.3. The quantitative estimate of drug-likeness (QED) is 0.106. The number of ketones is 1. The third kappa shape index (κ3) is 7.81. The van der Waals surface area contributed by atoms with Crippen molar-refractivity contribution in [1.82, 2.24) is 19.9 Å². The molecular weight excluding hydrogens is 793 g/mol. The summed E-state index contributed by atoms with van der Waals surface area (Å²) in [5, 5.41) is 12.5. The summed E-state index contributed by atoms with van der Waals surface area (Å²) in [7, 11) is 0. The van der Waals surface area contributed by atoms with Gasteiger partial charge in [-0.15, -0.1) is 36.4 Å². The number of aryl methyl sites for hydroxylation is 3. The van der Waals surface area contributed by atoms with E-state index < -0.39 is 0 Å². The van der Waals surface area contributed by atoms with Gasteiger partial charge in [-0.2, -0.15) is 0 Å². The second kappa shape index (κ2) is 15.2. The Hall–Kier alpha value is -5.50. The number of aliphatic hydroxyl groups excluding tert-OH is 1. The van der Waals surface area contributed by atoms with Gasteiger partial charge in [0, 0.05) is 60.7 Å². The van der Waals surface area contributed by atoms with Crippen LogP contribution in [-0.2, 0) is 24.9 Å². The predicted molar refractivity (Wildman–Crippen MR) is 188 cm³/mol. The number of furan rings is 2. The van der Waals surface area contributed by atoms with E-state index in [1.807, 2.05) is 99.8 Å². The average molecular weight is 825 g/mol. The fourth-order valence-corrected chi connectivity index (χ4v) is 5.23. The molecule has 247 valence electrons. The molecule has 0 fully saturated rings. The Morgan fingerprint density at radius 2 is 1.24 bits per heavy atom. The molecule has 0 atom stereocenters. The third-order valence-corrected chi connectivity index (χ3v) is 7.38. The minimum absolute atomic E-state index is 0. The number of benzene rings is 2. The zero-order valence-electron chi connectivity index (χ0n) is 27.5. The Morgan fingerprint density at radius 3 is 1.67 bits per heavy atom. The first-order chi connectivity index (χ1) is 23.2. The van der Waals surface area contributed by atoms with E-state index in [1.165, 1.54) is 19.9 Å². The smallest absolute Gasteiger partial charge is 0.216 e. The van der Waals surface area contributed by atoms with Gasteiger partial charge in [-0.05, 0) is 81.9 Å². The maximum absolute atomic E-state index is 10.0. The maximum atomic E-state index is 10.0. The minimum Gasteiger partial charge on any atom is -0.512 e. The normalized spacial score (nSPS) is 11.1. The van der Waals surface area contributed by atoms with Gasteiger partial charge in [0.05, 0.1) is 16.9 Å². The van der Waals surface area contributed by atoms with Crippen molar-refractivity contribution >= 4 is 49.9 Å². The molecule has 0 amide bonds. The number of pyridine rings is 4. The van der Waals surface area contributed by atoms with Crippen LogP contribution in [0, 0.1) is 32.9 Å². The minimum atomic E-state index is -0.125. The molecule has 9 heteroatoms. The monoisotopic (exact) mass is 825 g/mol. The molecule has 1 radical (unpaired) electrons. The predicted octanol–water partition coefficient (Wildman–Crippen LogP) is 9.65. The molecule has 49 heavy (non-hydrogen) atoms. The van der Waals surface area contributed by atoms with E-state index in [0.717, 1.165) is 72.2 Å². The van der Waals surface area contributed by atoms with Gasteiger partial charge in [0.2, 0.25) is 11.4 Å². The summed E-state index contributed by atoms with van der Waals surface area (Å²) in [6.07, 6.45) is 4.79. The summed E-state index contributed by atoms with van der Waals surface area (Å²) in [6, 6.07) is 32.2. The second-order valence-electron chi connectivity index (χ2n) is 11.3. The molecule has 0 unspecified atom stereocenters. The van der Waals surface area contributed by atoms with Gasteiger partial charge in [0.25, 0.3) is 0 Å². The van der Waals surface area contributed by atoms with Crippen LogP contribution in [0.4, 0.5) is 0 Å². The molecule has 0 aliphatic heterocycles. The van der Waals surface area contributed by atoms with Crippen LogP contribution in [-0.4, -0.2) is 30.8 Å². The van der Waals surface area contributed by atoms with E-state index in [9.17, 15) is 4.79 Å². The number of fused-ring (bicyclic) bond motifs is 6. The summed E-state index contributed by atoms with van der Waals surface area (Å²) in [4.78, 5) is 27.8. The van der Waals surface area contributed by atoms with Crippen molar-refractivity contribution in [2.45, 2.75) is 34.6 Å². The fraction of sp³-hybridized carbons (Fsp3) is 0.125. The second-order valence-corrected chi connectivity index (χ2v) is 11.3. The van der Waals surface area contributed by atoms with Gasteiger partial charge in [-0.1, -0.05) is 46.2 Å². The fourth-order valence-electron chi connectivity index (χ4n) is 5.23. The number of nitrogens with zero attached hydrogens (tertiary/aromatic N) is 4. The number of aliphatic hydroxyl groups is 1. The Bertz CT molecular complexity index is 2430. The SMILES string of the molecule is CC(=O)/C=C(/C)O.Cc1ccc(-c2[c-]ccc3c2oc2nc(C)ccc23)nc1.Cc1ccc2c(n1)oc1c(-c3ccccn3)[c-]ccc12.[Ir]. The summed E-state index contributed by atoms with van der Waals surface area (Å²) in [6.45, 7) is 8.79. The van der Waals surface area contributed by atoms with Crippen molar-refractivity contribution < 1.29 is 38.8 Å². The van der Waals surface area contributed by atoms with E-state index in [1.54, 1.807) is 6.20 Å². The molecule has 6 aromatic heterocycles. The Morgan fingerprint density at radius 1 is 0.694 bits per heavy atom. The number of rotatable bonds is 3. The Balaban J connectivity index is 0.000000158. The van der Waals surface area contributed by atoms with Crippen molar-refractivity contribution in [3.63, 3.8) is 0 Å². The number of carbonyl (C=O) groups is 1. The maximum Gasteiger partial charge on any atom is 0.216 e. The Labute approximate surface area is 296 Å². The van der Waals surface area contributed by atoms with Crippen molar-refractivity contribution in [3.8, 4) is 22.5 Å². The summed E-state index contributed by atoms with van der Waals surface area (Å²) in [5.74, 6) is -0.0625. The Kier molecular flexibility index (Phi) is 10.8. The first-order valence-electron chi connectivity index (χ1n) is 15.3. The van der Waals surface area contributed by atoms with Crippen LogP contribution in [0.15, 0.2) is 112 Å². The molecule has 8 aromatic rings. The standard InChI is InChI=1S/C18H13N2O.C17H11N2O.C5H8O2.Ir/c1-11-6-9-16(19-10-11)15-5-3-4-13-14-8-7-12(2)20-18(14)21-17(13)15;1-11-8-9-13-12-5-4-6-14(15-7-2-3-10-18-15)16(12)20-17(13)19-11;1-4(6)3-5(2)7;/h3-4,6-10H,1-2H3;2-5,7-10H,1H3;3,6H,1-2H3;/q2*-1;;/b;;4-3-;. The van der Waals surface area contributed by atoms with Crippen LogP contribution < -0.4 is 0 Å². The zero-order valence-corrected chi connectivity index (χ0v) is 29.9. The van der Waals surface area contributed by atoms with Crippen LogP contribution >= 0.6 is 0 Å². The number of allylic oxidation sites excluding steroid dienone is 2. The van der Waals surface area contributed by atoms with Crippen LogP contribution in [0.25, 0.3) is 66.7 Å². The summed E-state index contributed by atoms with van der Waals surface area (Å²) >= 11 is 0. The summed E-state index contributed by atoms with van der Waals surface area (Å²) in [5.41, 5.74) is 9.40. The van der Waals surface area contributed by atoms with Gasteiger partial charge in [0.1, 0.15) is 0 Å². The van der Waals surface area contributed by atoms with Crippen molar-refractivity contribution in [3.05, 3.63) is 132 Å². The zero-order chi connectivity index (χ0) is 33.8. The molecule has 6 heterocycles. The van der Waals surface area contributed by atoms with Crippen LogP contribution in [0.2, 0.25) is 0 Å². The topological polar surface area (TPSA) is 115 Å². The van der Waals surface area contributed by atoms with Gasteiger partial charge < -0.3 is 23.9 Å². The molecule has 0 saturated heterocycles. The van der Waals surface area contributed by atoms with Gasteiger partial charge in [0.15, 0.2) is 5.78 Å². The van der Waals surface area contributed by atoms with Gasteiger partial charge in [-0.3, -0.25) is 4.79 Å². The number of hydrogen-bond donors (Lipinski definition) is 1. The molecule has 0 saturated carbocycles. The van der Waals surface area contributed by atoms with E-state index in [0.29, 0.717) is 11.4 Å². The first kappa shape index (κ1) is 34.8. The number of carbonyl (C=O) groups excluding carboxylic acids is 1. The molecule has 0 spiro atoms. The van der Waals surface area contributed by atoms with Crippen LogP contribution in [0.3, 0.4) is 0 Å². The average Bonchev–Trinajstić information content (AvgIpc) is 3.63. The summed E-state index contributed by atoms with van der Waals surface area (Å²) < 4.78 is 11.9. The van der Waals surface area contributed by atoms with E-state index >= 15 is 0 Å². The molecule has 0 aliphatic carbocycles. The largest absolute Gasteiger partial charge is 0.512 e. The molecular formula is C40H32IrN4O4-2. The van der Waals surface area contributed by atoms with Crippen LogP contribution in [0.5, 0.6) is 0 Å². The van der Waals surface area contributed by atoms with Crippen LogP contribution in [0.1, 0.15) is 30.8 Å². The number of hydrogen-bond acceptors (Lipinski definition) is 8. The van der Waals surface area contributed by atoms with Crippen molar-refractivity contribution in [2.75, 3.05) is 0 Å². The number of aromatic nitrogens is 4. The molecule has 1 N–H and O–H groups in total. The third-order valence-electron chi connectivity index (χ3n) is 7.38. The van der Waals surface area contributed by atoms with E-state index in [2.05, 4.69) is 38.1 Å².